The molecule has 0 spiro atoms. The molecule has 3 rings (SSSR count). The van der Waals surface area contributed by atoms with E-state index in [9.17, 15) is 0 Å². The van der Waals surface area contributed by atoms with Gasteiger partial charge in [0, 0.05) is 30.7 Å². The van der Waals surface area contributed by atoms with Crippen LogP contribution in [0.1, 0.15) is 18.3 Å². The first kappa shape index (κ1) is 16.9. The maximum Gasteiger partial charge on any atom is 0.223 e. The standard InChI is InChI=1S/C18H22N6O/c1-12(25-15-6-5-8-19-11-15)10-21-18-20-9-7-16(22-18)17-13(2)23-24(4)14(17)3/h5-9,11-12H,10H2,1-4H3,(H,20,21,22)/t12-/m1/s1. The molecule has 25 heavy (non-hydrogen) atoms. The molecule has 0 amide bonds. The summed E-state index contributed by atoms with van der Waals surface area (Å²) in [5, 5.41) is 7.67. The van der Waals surface area contributed by atoms with Gasteiger partial charge in [0.15, 0.2) is 0 Å². The van der Waals surface area contributed by atoms with Gasteiger partial charge in [-0.05, 0) is 39.0 Å². The van der Waals surface area contributed by atoms with Crippen molar-refractivity contribution in [3.63, 3.8) is 0 Å². The van der Waals surface area contributed by atoms with Crippen LogP contribution in [0, 0.1) is 13.8 Å². The molecule has 0 aliphatic rings. The van der Waals surface area contributed by atoms with Crippen molar-refractivity contribution in [3.8, 4) is 17.0 Å². The Morgan fingerprint density at radius 3 is 2.76 bits per heavy atom. The minimum absolute atomic E-state index is 0.0432. The molecule has 0 saturated carbocycles. The van der Waals surface area contributed by atoms with Crippen molar-refractivity contribution in [2.75, 3.05) is 11.9 Å². The van der Waals surface area contributed by atoms with E-state index in [4.69, 9.17) is 4.74 Å². The summed E-state index contributed by atoms with van der Waals surface area (Å²) in [4.78, 5) is 12.9. The van der Waals surface area contributed by atoms with E-state index in [0.29, 0.717) is 12.5 Å². The van der Waals surface area contributed by atoms with Gasteiger partial charge in [-0.1, -0.05) is 0 Å². The Bertz CT molecular complexity index is 846. The van der Waals surface area contributed by atoms with Gasteiger partial charge in [0.05, 0.1) is 24.1 Å². The first-order chi connectivity index (χ1) is 12.0. The SMILES string of the molecule is Cc1nn(C)c(C)c1-c1ccnc(NC[C@@H](C)Oc2cccnc2)n1. The fourth-order valence-electron chi connectivity index (χ4n) is 2.65. The van der Waals surface area contributed by atoms with E-state index in [1.165, 1.54) is 0 Å². The monoisotopic (exact) mass is 338 g/mol. The molecule has 1 N–H and O–H groups in total. The van der Waals surface area contributed by atoms with Crippen molar-refractivity contribution < 1.29 is 4.74 Å². The van der Waals surface area contributed by atoms with Crippen molar-refractivity contribution in [2.24, 2.45) is 7.05 Å². The van der Waals surface area contributed by atoms with Crippen LogP contribution in [0.25, 0.3) is 11.3 Å². The average Bonchev–Trinajstić information content (AvgIpc) is 2.86. The van der Waals surface area contributed by atoms with Crippen LogP contribution in [-0.2, 0) is 7.05 Å². The molecule has 0 fully saturated rings. The molecule has 0 saturated heterocycles. The zero-order chi connectivity index (χ0) is 17.8. The molecule has 1 atom stereocenters. The molecule has 7 nitrogen and oxygen atoms in total. The molecule has 130 valence electrons. The Balaban J connectivity index is 1.68. The highest BCUT2D eigenvalue weighted by molar-refractivity contribution is 5.65. The van der Waals surface area contributed by atoms with E-state index in [1.807, 2.05) is 50.7 Å². The third kappa shape index (κ3) is 3.93. The number of rotatable bonds is 6. The quantitative estimate of drug-likeness (QED) is 0.745. The van der Waals surface area contributed by atoms with E-state index < -0.39 is 0 Å². The first-order valence-corrected chi connectivity index (χ1v) is 8.18. The van der Waals surface area contributed by atoms with E-state index in [2.05, 4.69) is 25.4 Å². The summed E-state index contributed by atoms with van der Waals surface area (Å²) >= 11 is 0. The number of aromatic nitrogens is 5. The lowest BCUT2D eigenvalue weighted by Gasteiger charge is -2.15. The van der Waals surface area contributed by atoms with Crippen LogP contribution in [0.15, 0.2) is 36.8 Å². The van der Waals surface area contributed by atoms with Gasteiger partial charge in [-0.25, -0.2) is 9.97 Å². The predicted octanol–water partition coefficient (Wildman–Crippen LogP) is 2.77. The highest BCUT2D eigenvalue weighted by Gasteiger charge is 2.14. The molecular weight excluding hydrogens is 316 g/mol. The molecule has 3 aromatic heterocycles. The third-order valence-electron chi connectivity index (χ3n) is 3.94. The van der Waals surface area contributed by atoms with E-state index >= 15 is 0 Å². The molecule has 3 aromatic rings. The normalized spacial score (nSPS) is 12.0. The van der Waals surface area contributed by atoms with E-state index in [0.717, 1.165) is 28.4 Å². The number of pyridine rings is 1. The Hall–Kier alpha value is -2.96. The summed E-state index contributed by atoms with van der Waals surface area (Å²) in [6, 6.07) is 5.63. The van der Waals surface area contributed by atoms with Gasteiger partial charge < -0.3 is 10.1 Å². The van der Waals surface area contributed by atoms with Gasteiger partial charge in [-0.15, -0.1) is 0 Å². The Morgan fingerprint density at radius 1 is 1.24 bits per heavy atom. The van der Waals surface area contributed by atoms with Gasteiger partial charge >= 0.3 is 0 Å². The van der Waals surface area contributed by atoms with Crippen LogP contribution >= 0.6 is 0 Å². The zero-order valence-corrected chi connectivity index (χ0v) is 14.9. The summed E-state index contributed by atoms with van der Waals surface area (Å²) in [6.45, 7) is 6.60. The fraction of sp³-hybridized carbons (Fsp3) is 0.333. The van der Waals surface area contributed by atoms with Crippen molar-refractivity contribution in [1.82, 2.24) is 24.7 Å². The molecule has 0 aliphatic carbocycles. The molecular formula is C18H22N6O. The smallest absolute Gasteiger partial charge is 0.223 e. The molecule has 0 radical (unpaired) electrons. The van der Waals surface area contributed by atoms with E-state index in [1.54, 1.807) is 18.6 Å². The molecule has 3 heterocycles. The summed E-state index contributed by atoms with van der Waals surface area (Å²) in [6.07, 6.45) is 5.13. The Morgan fingerprint density at radius 2 is 2.08 bits per heavy atom. The minimum atomic E-state index is -0.0432. The second-order valence-electron chi connectivity index (χ2n) is 5.93. The van der Waals surface area contributed by atoms with Crippen LogP contribution in [-0.4, -0.2) is 37.4 Å². The first-order valence-electron chi connectivity index (χ1n) is 8.18. The van der Waals surface area contributed by atoms with Crippen molar-refractivity contribution in [2.45, 2.75) is 26.9 Å². The minimum Gasteiger partial charge on any atom is -0.487 e. The Kier molecular flexibility index (Phi) is 4.92. The molecule has 0 bridgehead atoms. The number of hydrogen-bond donors (Lipinski definition) is 1. The largest absolute Gasteiger partial charge is 0.487 e. The van der Waals surface area contributed by atoms with Crippen molar-refractivity contribution in [1.29, 1.82) is 0 Å². The summed E-state index contributed by atoms with van der Waals surface area (Å²) in [5.74, 6) is 1.31. The topological polar surface area (TPSA) is 77.8 Å². The third-order valence-corrected chi connectivity index (χ3v) is 3.94. The number of nitrogens with one attached hydrogen (secondary N) is 1. The number of hydrogen-bond acceptors (Lipinski definition) is 6. The fourth-order valence-corrected chi connectivity index (χ4v) is 2.65. The summed E-state index contributed by atoms with van der Waals surface area (Å²) in [5.41, 5.74) is 3.95. The van der Waals surface area contributed by atoms with Crippen LogP contribution in [0.2, 0.25) is 0 Å². The van der Waals surface area contributed by atoms with Gasteiger partial charge in [0.1, 0.15) is 11.9 Å². The lowest BCUT2D eigenvalue weighted by molar-refractivity contribution is 0.233. The van der Waals surface area contributed by atoms with Gasteiger partial charge in [0.25, 0.3) is 0 Å². The highest BCUT2D eigenvalue weighted by atomic mass is 16.5. The molecule has 0 aromatic carbocycles. The van der Waals surface area contributed by atoms with Gasteiger partial charge in [-0.2, -0.15) is 5.10 Å². The molecule has 7 heteroatoms. The van der Waals surface area contributed by atoms with Crippen LogP contribution in [0.5, 0.6) is 5.75 Å². The maximum atomic E-state index is 5.80. The number of nitrogens with zero attached hydrogens (tertiary/aromatic N) is 5. The second kappa shape index (κ2) is 7.29. The van der Waals surface area contributed by atoms with Crippen LogP contribution in [0.4, 0.5) is 5.95 Å². The lowest BCUT2D eigenvalue weighted by atomic mass is 10.1. The maximum absolute atomic E-state index is 5.80. The van der Waals surface area contributed by atoms with Gasteiger partial charge in [-0.3, -0.25) is 9.67 Å². The van der Waals surface area contributed by atoms with Gasteiger partial charge in [0.2, 0.25) is 5.95 Å². The van der Waals surface area contributed by atoms with Crippen molar-refractivity contribution >= 4 is 5.95 Å². The molecule has 0 aliphatic heterocycles. The van der Waals surface area contributed by atoms with Crippen molar-refractivity contribution in [3.05, 3.63) is 48.2 Å². The van der Waals surface area contributed by atoms with Crippen LogP contribution in [0.3, 0.4) is 0 Å². The summed E-state index contributed by atoms with van der Waals surface area (Å²) < 4.78 is 7.66. The lowest BCUT2D eigenvalue weighted by Crippen LogP contribution is -2.23. The van der Waals surface area contributed by atoms with Crippen LogP contribution < -0.4 is 10.1 Å². The Labute approximate surface area is 147 Å². The number of anilines is 1. The summed E-state index contributed by atoms with van der Waals surface area (Å²) in [7, 11) is 1.93. The molecule has 0 unspecified atom stereocenters. The zero-order valence-electron chi connectivity index (χ0n) is 14.9. The predicted molar refractivity (Wildman–Crippen MR) is 96.5 cm³/mol. The van der Waals surface area contributed by atoms with E-state index in [-0.39, 0.29) is 6.10 Å². The second-order valence-corrected chi connectivity index (χ2v) is 5.93. The number of ether oxygens (including phenoxy) is 1. The number of aryl methyl sites for hydroxylation is 2. The highest BCUT2D eigenvalue weighted by Crippen LogP contribution is 2.25. The average molecular weight is 338 g/mol.